The topological polar surface area (TPSA) is 104 Å². The second kappa shape index (κ2) is 14.3. The summed E-state index contributed by atoms with van der Waals surface area (Å²) in [6.45, 7) is 0. The number of carbonyl (C=O) groups excluding carboxylic acids is 1. The molecule has 5 N–H and O–H groups in total. The van der Waals surface area contributed by atoms with Crippen LogP contribution in [0.4, 0.5) is 0 Å². The Bertz CT molecular complexity index is 997. The highest BCUT2D eigenvalue weighted by atomic mass is 16.3. The molecule has 5 heteroatoms. The van der Waals surface area contributed by atoms with E-state index in [0.29, 0.717) is 0 Å². The predicted octanol–water partition coefficient (Wildman–Crippen LogP) is 6.81. The molecule has 3 rings (SSSR count). The van der Waals surface area contributed by atoms with Gasteiger partial charge in [0.25, 0.3) is 0 Å². The fourth-order valence-electron chi connectivity index (χ4n) is 5.26. The van der Waals surface area contributed by atoms with E-state index in [1.807, 2.05) is 36.4 Å². The van der Waals surface area contributed by atoms with Gasteiger partial charge in [-0.1, -0.05) is 55.7 Å². The summed E-state index contributed by atoms with van der Waals surface area (Å²) in [6, 6.07) is 22.0. The Labute approximate surface area is 221 Å². The number of carbonyl (C=O) groups is 1. The lowest BCUT2D eigenvalue weighted by molar-refractivity contribution is -0.129. The highest BCUT2D eigenvalue weighted by Crippen LogP contribution is 2.37. The average molecular weight is 504 g/mol. The van der Waals surface area contributed by atoms with Crippen molar-refractivity contribution >= 4 is 5.91 Å². The van der Waals surface area contributed by atoms with Crippen LogP contribution in [0.1, 0.15) is 74.5 Å². The van der Waals surface area contributed by atoms with Gasteiger partial charge in [-0.2, -0.15) is 0 Å². The number of hydrogen-bond donors (Lipinski definition) is 4. The first kappa shape index (κ1) is 28.1. The third kappa shape index (κ3) is 9.49. The molecule has 0 saturated carbocycles. The normalized spacial score (nSPS) is 11.5. The van der Waals surface area contributed by atoms with E-state index in [9.17, 15) is 20.1 Å². The van der Waals surface area contributed by atoms with Crippen molar-refractivity contribution in [3.8, 4) is 17.2 Å². The summed E-state index contributed by atoms with van der Waals surface area (Å²) in [4.78, 5) is 12.9. The zero-order valence-corrected chi connectivity index (χ0v) is 21.7. The van der Waals surface area contributed by atoms with E-state index in [-0.39, 0.29) is 23.2 Å². The molecule has 1 amide bonds. The number of benzene rings is 3. The molecule has 198 valence electrons. The third-order valence-corrected chi connectivity index (χ3v) is 7.37. The lowest BCUT2D eigenvalue weighted by Crippen LogP contribution is -2.37. The van der Waals surface area contributed by atoms with Gasteiger partial charge in [0.05, 0.1) is 0 Å². The smallest absolute Gasteiger partial charge is 0.223 e. The highest BCUT2D eigenvalue weighted by molar-refractivity contribution is 5.80. The summed E-state index contributed by atoms with van der Waals surface area (Å²) in [5, 5.41) is 29.2. The van der Waals surface area contributed by atoms with Crippen molar-refractivity contribution in [3.63, 3.8) is 0 Å². The van der Waals surface area contributed by atoms with E-state index in [2.05, 4.69) is 0 Å². The number of nitrogens with two attached hydrogens (primary N) is 1. The van der Waals surface area contributed by atoms with Crippen molar-refractivity contribution in [2.75, 3.05) is 0 Å². The molecule has 0 atom stereocenters. The molecule has 3 aromatic carbocycles. The lowest BCUT2D eigenvalue weighted by atomic mass is 9.73. The Kier molecular flexibility index (Phi) is 10.9. The predicted molar refractivity (Wildman–Crippen MR) is 149 cm³/mol. The van der Waals surface area contributed by atoms with Crippen molar-refractivity contribution in [1.82, 2.24) is 0 Å². The number of aromatic hydroxyl groups is 3. The summed E-state index contributed by atoms with van der Waals surface area (Å²) in [5.41, 5.74) is 8.84. The van der Waals surface area contributed by atoms with Crippen LogP contribution in [0.15, 0.2) is 72.8 Å². The molecule has 0 bridgehead atoms. The monoisotopic (exact) mass is 503 g/mol. The van der Waals surface area contributed by atoms with E-state index < -0.39 is 5.41 Å². The summed E-state index contributed by atoms with van der Waals surface area (Å²) in [5.74, 6) is 0.631. The maximum Gasteiger partial charge on any atom is 0.223 e. The number of phenolic OH excluding ortho intramolecular Hbond substituents is 3. The molecule has 0 aliphatic rings. The number of unbranched alkanes of at least 4 members (excludes halogenated alkanes) is 3. The third-order valence-electron chi connectivity index (χ3n) is 7.37. The molecular formula is C32H41NO4. The first-order chi connectivity index (χ1) is 17.9. The fraction of sp³-hybridized carbons (Fsp3) is 0.406. The van der Waals surface area contributed by atoms with Crippen molar-refractivity contribution in [2.45, 2.75) is 77.0 Å². The van der Waals surface area contributed by atoms with E-state index in [4.69, 9.17) is 5.73 Å². The number of rotatable bonds is 16. The van der Waals surface area contributed by atoms with E-state index >= 15 is 0 Å². The van der Waals surface area contributed by atoms with Gasteiger partial charge in [-0.15, -0.1) is 0 Å². The first-order valence-electron chi connectivity index (χ1n) is 13.5. The molecule has 5 nitrogen and oxygen atoms in total. The van der Waals surface area contributed by atoms with Gasteiger partial charge in [0.15, 0.2) is 0 Å². The average Bonchev–Trinajstić information content (AvgIpc) is 2.86. The van der Waals surface area contributed by atoms with Gasteiger partial charge in [0, 0.05) is 5.41 Å². The standard InChI is InChI=1S/C32H41NO4/c33-31(37)32(19-4-1-10-25-13-7-16-28(34)22-25,20-5-2-11-26-14-8-17-29(35)23-26)21-6-3-12-27-15-9-18-30(36)24-27/h7-9,13-18,22-24,34-36H,1-6,10-12,19-21H2,(H2,33,37). The maximum absolute atomic E-state index is 12.9. The molecule has 0 aliphatic carbocycles. The summed E-state index contributed by atoms with van der Waals surface area (Å²) >= 11 is 0. The Hall–Kier alpha value is -3.47. The van der Waals surface area contributed by atoms with Crippen LogP contribution in [0.5, 0.6) is 17.2 Å². The zero-order chi connectivity index (χ0) is 26.5. The number of aryl methyl sites for hydroxylation is 3. The van der Waals surface area contributed by atoms with Crippen LogP contribution in [0.25, 0.3) is 0 Å². The van der Waals surface area contributed by atoms with Gasteiger partial charge in [0.1, 0.15) is 17.2 Å². The van der Waals surface area contributed by atoms with Crippen LogP contribution in [0.3, 0.4) is 0 Å². The van der Waals surface area contributed by atoms with Gasteiger partial charge in [-0.05, 0) is 111 Å². The van der Waals surface area contributed by atoms with E-state index in [1.165, 1.54) is 0 Å². The number of hydrogen-bond acceptors (Lipinski definition) is 4. The minimum absolute atomic E-state index is 0.209. The van der Waals surface area contributed by atoms with E-state index in [1.54, 1.807) is 36.4 Å². The van der Waals surface area contributed by atoms with Crippen LogP contribution in [-0.2, 0) is 24.1 Å². The second-order valence-electron chi connectivity index (χ2n) is 10.3. The lowest BCUT2D eigenvalue weighted by Gasteiger charge is -2.31. The Morgan fingerprint density at radius 2 is 0.892 bits per heavy atom. The molecule has 0 radical (unpaired) electrons. The fourth-order valence-corrected chi connectivity index (χ4v) is 5.26. The van der Waals surface area contributed by atoms with Crippen molar-refractivity contribution < 1.29 is 20.1 Å². The van der Waals surface area contributed by atoms with Crippen LogP contribution in [0, 0.1) is 5.41 Å². The minimum atomic E-state index is -0.531. The summed E-state index contributed by atoms with van der Waals surface area (Å²) in [7, 11) is 0. The Balaban J connectivity index is 1.57. The number of primary amides is 1. The first-order valence-corrected chi connectivity index (χ1v) is 13.5. The van der Waals surface area contributed by atoms with Crippen molar-refractivity contribution in [3.05, 3.63) is 89.5 Å². The van der Waals surface area contributed by atoms with E-state index in [0.717, 1.165) is 93.7 Å². The van der Waals surface area contributed by atoms with Crippen molar-refractivity contribution in [1.29, 1.82) is 0 Å². The summed E-state index contributed by atoms with van der Waals surface area (Å²) < 4.78 is 0. The van der Waals surface area contributed by atoms with Crippen LogP contribution in [0.2, 0.25) is 0 Å². The van der Waals surface area contributed by atoms with Crippen LogP contribution in [-0.4, -0.2) is 21.2 Å². The molecule has 0 spiro atoms. The summed E-state index contributed by atoms with van der Waals surface area (Å²) in [6.07, 6.45) is 10.4. The Morgan fingerprint density at radius 3 is 1.16 bits per heavy atom. The molecule has 3 aromatic rings. The molecule has 0 fully saturated rings. The van der Waals surface area contributed by atoms with Gasteiger partial charge >= 0.3 is 0 Å². The molecule has 0 aromatic heterocycles. The number of phenols is 3. The maximum atomic E-state index is 12.9. The zero-order valence-electron chi connectivity index (χ0n) is 21.7. The van der Waals surface area contributed by atoms with Gasteiger partial charge < -0.3 is 21.1 Å². The molecule has 0 unspecified atom stereocenters. The quantitative estimate of drug-likeness (QED) is 0.161. The second-order valence-corrected chi connectivity index (χ2v) is 10.3. The van der Waals surface area contributed by atoms with Gasteiger partial charge in [-0.3, -0.25) is 4.79 Å². The van der Waals surface area contributed by atoms with Gasteiger partial charge in [-0.25, -0.2) is 0 Å². The molecule has 0 heterocycles. The van der Waals surface area contributed by atoms with Gasteiger partial charge in [0.2, 0.25) is 5.91 Å². The van der Waals surface area contributed by atoms with Crippen LogP contribution < -0.4 is 5.73 Å². The largest absolute Gasteiger partial charge is 0.508 e. The highest BCUT2D eigenvalue weighted by Gasteiger charge is 2.34. The molecule has 0 aliphatic heterocycles. The van der Waals surface area contributed by atoms with Crippen LogP contribution >= 0.6 is 0 Å². The Morgan fingerprint density at radius 1 is 0.568 bits per heavy atom. The van der Waals surface area contributed by atoms with Crippen molar-refractivity contribution in [2.24, 2.45) is 11.1 Å². The number of amides is 1. The molecule has 37 heavy (non-hydrogen) atoms. The minimum Gasteiger partial charge on any atom is -0.508 e. The molecular weight excluding hydrogens is 462 g/mol. The molecule has 0 saturated heterocycles. The SMILES string of the molecule is NC(=O)C(CCCCc1cccc(O)c1)(CCCCc1cccc(O)c1)CCCCc1cccc(O)c1.